The largest absolute Gasteiger partial charge is 0.493 e. The van der Waals surface area contributed by atoms with E-state index in [1.54, 1.807) is 13.2 Å². The van der Waals surface area contributed by atoms with Crippen molar-refractivity contribution in [2.24, 2.45) is 0 Å². The van der Waals surface area contributed by atoms with Crippen LogP contribution in [0.1, 0.15) is 24.0 Å². The smallest absolute Gasteiger partial charge is 0.166 e. The van der Waals surface area contributed by atoms with Crippen LogP contribution in [0.3, 0.4) is 0 Å². The zero-order valence-corrected chi connectivity index (χ0v) is 12.9. The molecule has 2 N–H and O–H groups in total. The molecule has 5 heteroatoms. The normalized spacial score (nSPS) is 29.0. The lowest BCUT2D eigenvalue weighted by atomic mass is 9.69. The van der Waals surface area contributed by atoms with Crippen LogP contribution in [-0.4, -0.2) is 43.0 Å². The maximum atomic E-state index is 11.8. The van der Waals surface area contributed by atoms with E-state index in [9.17, 15) is 4.79 Å². The molecule has 0 radical (unpaired) electrons. The van der Waals surface area contributed by atoms with Crippen molar-refractivity contribution in [1.29, 1.82) is 0 Å². The van der Waals surface area contributed by atoms with E-state index in [-0.39, 0.29) is 22.8 Å². The van der Waals surface area contributed by atoms with Gasteiger partial charge < -0.3 is 19.8 Å². The van der Waals surface area contributed by atoms with Gasteiger partial charge in [0.1, 0.15) is 6.10 Å². The molecule has 1 spiro atoms. The van der Waals surface area contributed by atoms with Crippen molar-refractivity contribution in [2.45, 2.75) is 30.9 Å². The highest BCUT2D eigenvalue weighted by Crippen LogP contribution is 2.55. The van der Waals surface area contributed by atoms with Crippen LogP contribution in [0, 0.1) is 0 Å². The van der Waals surface area contributed by atoms with Gasteiger partial charge in [0.15, 0.2) is 17.3 Å². The standard InChI is InChI=1S/C17H19NO3.H2O/c1-18-8-7-17-6-5-12(19)9-14(17)21-16-13(20-2)4-3-11(10-18)15(16)17;/h3-6,14H,7-10H2,1-2H3;1H2/t14-,17-;/m0./s1. The molecule has 4 rings (SSSR count). The molecule has 3 aliphatic rings. The van der Waals surface area contributed by atoms with Crippen molar-refractivity contribution in [1.82, 2.24) is 4.90 Å². The van der Waals surface area contributed by atoms with Gasteiger partial charge in [-0.2, -0.15) is 0 Å². The van der Waals surface area contributed by atoms with Gasteiger partial charge in [0.2, 0.25) is 0 Å². The lowest BCUT2D eigenvalue weighted by Crippen LogP contribution is -2.41. The van der Waals surface area contributed by atoms with E-state index in [1.165, 1.54) is 11.1 Å². The lowest BCUT2D eigenvalue weighted by molar-refractivity contribution is -0.117. The first-order valence-corrected chi connectivity index (χ1v) is 7.41. The summed E-state index contributed by atoms with van der Waals surface area (Å²) in [6.07, 6.45) is 5.16. The number of ketones is 1. The van der Waals surface area contributed by atoms with Crippen LogP contribution in [0.5, 0.6) is 11.5 Å². The van der Waals surface area contributed by atoms with Gasteiger partial charge in [0.25, 0.3) is 0 Å². The Morgan fingerprint density at radius 3 is 3.00 bits per heavy atom. The Balaban J connectivity index is 0.00000144. The summed E-state index contributed by atoms with van der Waals surface area (Å²) in [5.41, 5.74) is 2.35. The Morgan fingerprint density at radius 1 is 1.41 bits per heavy atom. The van der Waals surface area contributed by atoms with Crippen LogP contribution < -0.4 is 9.47 Å². The topological polar surface area (TPSA) is 70.3 Å². The maximum Gasteiger partial charge on any atom is 0.166 e. The van der Waals surface area contributed by atoms with E-state index in [0.29, 0.717) is 6.42 Å². The molecular weight excluding hydrogens is 282 g/mol. The Labute approximate surface area is 129 Å². The van der Waals surface area contributed by atoms with E-state index in [1.807, 2.05) is 6.07 Å². The Bertz CT molecular complexity index is 654. The van der Waals surface area contributed by atoms with Gasteiger partial charge in [-0.15, -0.1) is 0 Å². The Hall–Kier alpha value is -1.85. The van der Waals surface area contributed by atoms with Crippen LogP contribution in [-0.2, 0) is 16.8 Å². The van der Waals surface area contributed by atoms with Crippen LogP contribution in [0.4, 0.5) is 0 Å². The molecule has 0 saturated heterocycles. The van der Waals surface area contributed by atoms with E-state index >= 15 is 0 Å². The van der Waals surface area contributed by atoms with Crippen LogP contribution in [0.15, 0.2) is 24.3 Å². The molecule has 118 valence electrons. The van der Waals surface area contributed by atoms with Gasteiger partial charge in [-0.1, -0.05) is 12.1 Å². The number of benzene rings is 1. The van der Waals surface area contributed by atoms with Crippen molar-refractivity contribution >= 4 is 5.78 Å². The number of carbonyl (C=O) groups is 1. The quantitative estimate of drug-likeness (QED) is 0.782. The second kappa shape index (κ2) is 5.11. The number of carbonyl (C=O) groups excluding carboxylic acids is 1. The van der Waals surface area contributed by atoms with Gasteiger partial charge >= 0.3 is 0 Å². The van der Waals surface area contributed by atoms with E-state index in [2.05, 4.69) is 24.1 Å². The molecule has 0 fully saturated rings. The van der Waals surface area contributed by atoms with Crippen molar-refractivity contribution < 1.29 is 19.7 Å². The van der Waals surface area contributed by atoms with Gasteiger partial charge in [-0.05, 0) is 37.7 Å². The summed E-state index contributed by atoms with van der Waals surface area (Å²) in [6, 6.07) is 4.11. The fourth-order valence-electron chi connectivity index (χ4n) is 3.95. The molecule has 1 aliphatic carbocycles. The molecule has 1 aromatic rings. The third-order valence-corrected chi connectivity index (χ3v) is 5.03. The molecule has 22 heavy (non-hydrogen) atoms. The lowest BCUT2D eigenvalue weighted by Gasteiger charge is -2.33. The van der Waals surface area contributed by atoms with Crippen LogP contribution in [0.2, 0.25) is 0 Å². The van der Waals surface area contributed by atoms with Crippen molar-refractivity contribution in [2.75, 3.05) is 20.7 Å². The van der Waals surface area contributed by atoms with Crippen molar-refractivity contribution in [3.8, 4) is 11.5 Å². The molecular formula is C17H21NO4. The number of nitrogens with zero attached hydrogens (tertiary/aromatic N) is 1. The summed E-state index contributed by atoms with van der Waals surface area (Å²) in [5, 5.41) is 0. The Morgan fingerprint density at radius 2 is 2.23 bits per heavy atom. The summed E-state index contributed by atoms with van der Waals surface area (Å²) in [6.45, 7) is 1.90. The Kier molecular flexibility index (Phi) is 3.50. The molecule has 1 aromatic carbocycles. The summed E-state index contributed by atoms with van der Waals surface area (Å²) >= 11 is 0. The molecule has 0 unspecified atom stereocenters. The number of methoxy groups -OCH3 is 1. The minimum absolute atomic E-state index is 0. The monoisotopic (exact) mass is 303 g/mol. The third kappa shape index (κ3) is 1.89. The average molecular weight is 303 g/mol. The van der Waals surface area contributed by atoms with E-state index < -0.39 is 0 Å². The highest BCUT2D eigenvalue weighted by molar-refractivity contribution is 5.92. The first-order valence-electron chi connectivity index (χ1n) is 7.41. The van der Waals surface area contributed by atoms with E-state index in [4.69, 9.17) is 9.47 Å². The van der Waals surface area contributed by atoms with Crippen LogP contribution >= 0.6 is 0 Å². The summed E-state index contributed by atoms with van der Waals surface area (Å²) < 4.78 is 11.7. The molecule has 5 nitrogen and oxygen atoms in total. The van der Waals surface area contributed by atoms with E-state index in [0.717, 1.165) is 31.0 Å². The first-order chi connectivity index (χ1) is 10.1. The summed E-state index contributed by atoms with van der Waals surface area (Å²) in [4.78, 5) is 14.1. The number of hydrogen-bond donors (Lipinski definition) is 0. The second-order valence-electron chi connectivity index (χ2n) is 6.27. The predicted molar refractivity (Wildman–Crippen MR) is 82.4 cm³/mol. The number of hydrogen-bond acceptors (Lipinski definition) is 4. The summed E-state index contributed by atoms with van der Waals surface area (Å²) in [5.74, 6) is 1.76. The van der Waals surface area contributed by atoms with Gasteiger partial charge in [0.05, 0.1) is 12.5 Å². The highest BCUT2D eigenvalue weighted by atomic mass is 16.5. The van der Waals surface area contributed by atoms with Crippen LogP contribution in [0.25, 0.3) is 0 Å². The highest BCUT2D eigenvalue weighted by Gasteiger charge is 2.52. The number of allylic oxidation sites excluding steroid dienone is 1. The molecule has 0 bridgehead atoms. The molecule has 0 saturated carbocycles. The minimum Gasteiger partial charge on any atom is -0.493 e. The molecule has 2 atom stereocenters. The number of rotatable bonds is 1. The van der Waals surface area contributed by atoms with Gasteiger partial charge in [-0.25, -0.2) is 0 Å². The third-order valence-electron chi connectivity index (χ3n) is 5.03. The minimum atomic E-state index is -0.169. The fourth-order valence-corrected chi connectivity index (χ4v) is 3.95. The maximum absolute atomic E-state index is 11.8. The molecule has 2 aliphatic heterocycles. The molecule has 2 heterocycles. The van der Waals surface area contributed by atoms with Crippen molar-refractivity contribution in [3.63, 3.8) is 0 Å². The summed E-state index contributed by atoms with van der Waals surface area (Å²) in [7, 11) is 3.81. The zero-order valence-electron chi connectivity index (χ0n) is 12.9. The first kappa shape index (κ1) is 15.1. The van der Waals surface area contributed by atoms with Gasteiger partial charge in [0, 0.05) is 18.5 Å². The molecule has 0 aromatic heterocycles. The molecule has 0 amide bonds. The predicted octanol–water partition coefficient (Wildman–Crippen LogP) is 1.23. The number of ether oxygens (including phenoxy) is 2. The SMILES string of the molecule is COc1ccc2c3c1O[C@H]1CC(=O)C=C[C@@]31CCN(C)C2.O. The zero-order chi connectivity index (χ0) is 14.6. The van der Waals surface area contributed by atoms with Gasteiger partial charge in [-0.3, -0.25) is 4.79 Å². The fraction of sp³-hybridized carbons (Fsp3) is 0.471. The second-order valence-corrected chi connectivity index (χ2v) is 6.27. The van der Waals surface area contributed by atoms with Crippen molar-refractivity contribution in [3.05, 3.63) is 35.4 Å². The average Bonchev–Trinajstić information content (AvgIpc) is 2.72.